The van der Waals surface area contributed by atoms with Crippen LogP contribution < -0.4 is 10.1 Å². The maximum absolute atomic E-state index is 12.7. The number of amides is 1. The molecule has 0 radical (unpaired) electrons. The van der Waals surface area contributed by atoms with Crippen LogP contribution in [-0.4, -0.2) is 61.4 Å². The van der Waals surface area contributed by atoms with Crippen LogP contribution in [0.4, 0.5) is 0 Å². The summed E-state index contributed by atoms with van der Waals surface area (Å²) in [5.41, 5.74) is 1.44. The van der Waals surface area contributed by atoms with Gasteiger partial charge in [-0.2, -0.15) is 0 Å². The molecule has 6 nitrogen and oxygen atoms in total. The Bertz CT molecular complexity index is 904. The number of nitrogens with one attached hydrogen (secondary N) is 1. The van der Waals surface area contributed by atoms with Crippen molar-refractivity contribution in [1.29, 1.82) is 0 Å². The van der Waals surface area contributed by atoms with Gasteiger partial charge in [0, 0.05) is 32.1 Å². The zero-order valence-electron chi connectivity index (χ0n) is 16.4. The predicted octanol–water partition coefficient (Wildman–Crippen LogP) is 3.17. The third-order valence-electron chi connectivity index (χ3n) is 5.40. The van der Waals surface area contributed by atoms with Crippen LogP contribution in [0, 0.1) is 5.92 Å². The van der Waals surface area contributed by atoms with Crippen molar-refractivity contribution in [2.75, 3.05) is 39.4 Å². The summed E-state index contributed by atoms with van der Waals surface area (Å²) in [6.45, 7) is 3.11. The molecule has 2 heterocycles. The fourth-order valence-electron chi connectivity index (χ4n) is 3.75. The number of β-amino-alcohol motifs (C(OH)–C–C–N with tert-alkyl or cyclic N) is 1. The summed E-state index contributed by atoms with van der Waals surface area (Å²) in [6, 6.07) is 12.7. The molecule has 0 spiro atoms. The molecule has 2 aromatic rings. The smallest absolute Gasteiger partial charge is 0.257 e. The fraction of sp³-hybridized carbons (Fsp3) is 0.409. The van der Waals surface area contributed by atoms with Crippen molar-refractivity contribution in [2.45, 2.75) is 12.2 Å². The van der Waals surface area contributed by atoms with Crippen molar-refractivity contribution >= 4 is 29.1 Å². The molecule has 2 saturated heterocycles. The van der Waals surface area contributed by atoms with E-state index in [1.807, 2.05) is 24.3 Å². The van der Waals surface area contributed by atoms with Crippen molar-refractivity contribution in [2.24, 2.45) is 5.92 Å². The average Bonchev–Trinajstić information content (AvgIpc) is 2.97. The Hall–Kier alpha value is -1.83. The summed E-state index contributed by atoms with van der Waals surface area (Å²) < 4.78 is 12.2. The van der Waals surface area contributed by atoms with Gasteiger partial charge < -0.3 is 24.8 Å². The second-order valence-corrected chi connectivity index (χ2v) is 8.41. The molecule has 0 bridgehead atoms. The zero-order chi connectivity index (χ0) is 21.1. The van der Waals surface area contributed by atoms with E-state index in [-0.39, 0.29) is 17.9 Å². The van der Waals surface area contributed by atoms with E-state index in [9.17, 15) is 9.90 Å². The number of carbonyl (C=O) groups excluding carboxylic acids is 1. The number of benzene rings is 2. The van der Waals surface area contributed by atoms with Gasteiger partial charge in [0.1, 0.15) is 5.75 Å². The number of ether oxygens (including phenoxy) is 2. The summed E-state index contributed by atoms with van der Waals surface area (Å²) in [4.78, 5) is 14.3. The molecule has 4 rings (SSSR count). The van der Waals surface area contributed by atoms with E-state index in [1.165, 1.54) is 0 Å². The average molecular weight is 451 g/mol. The monoisotopic (exact) mass is 450 g/mol. The second-order valence-electron chi connectivity index (χ2n) is 7.60. The molecule has 2 aromatic carbocycles. The van der Waals surface area contributed by atoms with Crippen molar-refractivity contribution in [3.8, 4) is 5.75 Å². The third-order valence-corrected chi connectivity index (χ3v) is 6.14. The number of aliphatic hydroxyl groups is 1. The summed E-state index contributed by atoms with van der Waals surface area (Å²) in [7, 11) is 0. The van der Waals surface area contributed by atoms with Crippen molar-refractivity contribution in [3.63, 3.8) is 0 Å². The highest BCUT2D eigenvalue weighted by Gasteiger charge is 2.32. The Balaban J connectivity index is 1.50. The molecule has 8 heteroatoms. The van der Waals surface area contributed by atoms with Gasteiger partial charge in [-0.3, -0.25) is 4.79 Å². The van der Waals surface area contributed by atoms with Crippen LogP contribution >= 0.6 is 23.2 Å². The van der Waals surface area contributed by atoms with Gasteiger partial charge in [0.15, 0.2) is 0 Å². The second kappa shape index (κ2) is 9.54. The zero-order valence-corrected chi connectivity index (χ0v) is 17.9. The molecular formula is C22H24Cl2N2O4. The Labute approximate surface area is 185 Å². The standard InChI is InChI=1S/C22H24Cl2N2O4/c23-18-6-5-14(9-19(18)24)21-15(10-25-7-8-29-21)13-30-20-4-2-1-3-17(20)22(28)26-11-16(27)12-26/h1-6,9,15-16,21,25,27H,7-8,10-13H2/t15-,21+/m1/s1. The van der Waals surface area contributed by atoms with Gasteiger partial charge in [-0.15, -0.1) is 0 Å². The van der Waals surface area contributed by atoms with Crippen LogP contribution in [0.1, 0.15) is 22.0 Å². The van der Waals surface area contributed by atoms with Gasteiger partial charge in [-0.05, 0) is 29.8 Å². The van der Waals surface area contributed by atoms with Gasteiger partial charge in [-0.1, -0.05) is 41.4 Å². The first kappa shape index (κ1) is 21.4. The Morgan fingerprint density at radius 2 is 2.00 bits per heavy atom. The molecule has 0 unspecified atom stereocenters. The minimum absolute atomic E-state index is 0.0127. The molecule has 1 amide bonds. The Kier molecular flexibility index (Phi) is 6.80. The summed E-state index contributed by atoms with van der Waals surface area (Å²) >= 11 is 12.3. The number of para-hydroxylation sites is 1. The lowest BCUT2D eigenvalue weighted by atomic mass is 9.96. The van der Waals surface area contributed by atoms with Gasteiger partial charge in [0.2, 0.25) is 0 Å². The van der Waals surface area contributed by atoms with Crippen LogP contribution in [0.3, 0.4) is 0 Å². The van der Waals surface area contributed by atoms with E-state index in [1.54, 1.807) is 23.1 Å². The van der Waals surface area contributed by atoms with Crippen LogP contribution in [0.5, 0.6) is 5.75 Å². The molecule has 2 fully saturated rings. The lowest BCUT2D eigenvalue weighted by Crippen LogP contribution is -2.53. The molecular weight excluding hydrogens is 427 g/mol. The van der Waals surface area contributed by atoms with E-state index >= 15 is 0 Å². The minimum Gasteiger partial charge on any atom is -0.492 e. The summed E-state index contributed by atoms with van der Waals surface area (Å²) in [6.07, 6.45) is -0.647. The number of aliphatic hydroxyl groups excluding tert-OH is 1. The Morgan fingerprint density at radius 3 is 2.77 bits per heavy atom. The fourth-order valence-corrected chi connectivity index (χ4v) is 4.06. The number of nitrogens with zero attached hydrogens (tertiary/aromatic N) is 1. The van der Waals surface area contributed by atoms with Crippen molar-refractivity contribution < 1.29 is 19.4 Å². The van der Waals surface area contributed by atoms with Crippen LogP contribution in [0.15, 0.2) is 42.5 Å². The molecule has 0 aromatic heterocycles. The topological polar surface area (TPSA) is 71.0 Å². The van der Waals surface area contributed by atoms with Crippen LogP contribution in [-0.2, 0) is 4.74 Å². The SMILES string of the molecule is O=C(c1ccccc1OC[C@H]1CNCCO[C@H]1c1ccc(Cl)c(Cl)c1)N1CC(O)C1. The molecule has 2 atom stereocenters. The lowest BCUT2D eigenvalue weighted by molar-refractivity contribution is 0.00499. The summed E-state index contributed by atoms with van der Waals surface area (Å²) in [5.74, 6) is 0.409. The van der Waals surface area contributed by atoms with Crippen molar-refractivity contribution in [1.82, 2.24) is 10.2 Å². The van der Waals surface area contributed by atoms with E-state index in [2.05, 4.69) is 5.32 Å². The number of hydrogen-bond donors (Lipinski definition) is 2. The maximum atomic E-state index is 12.7. The highest BCUT2D eigenvalue weighted by Crippen LogP contribution is 2.33. The molecule has 30 heavy (non-hydrogen) atoms. The number of likely N-dealkylation sites (tertiary alicyclic amines) is 1. The minimum atomic E-state index is -0.441. The molecule has 2 aliphatic rings. The normalized spacial score (nSPS) is 22.3. The van der Waals surface area contributed by atoms with Gasteiger partial charge in [-0.25, -0.2) is 0 Å². The molecule has 2 aliphatic heterocycles. The highest BCUT2D eigenvalue weighted by molar-refractivity contribution is 6.42. The Morgan fingerprint density at radius 1 is 1.20 bits per heavy atom. The molecule has 160 valence electrons. The van der Waals surface area contributed by atoms with Crippen LogP contribution in [0.2, 0.25) is 10.0 Å². The molecule has 0 saturated carbocycles. The first-order valence-electron chi connectivity index (χ1n) is 9.99. The van der Waals surface area contributed by atoms with Crippen molar-refractivity contribution in [3.05, 3.63) is 63.6 Å². The first-order valence-corrected chi connectivity index (χ1v) is 10.7. The van der Waals surface area contributed by atoms with E-state index in [0.717, 1.165) is 12.1 Å². The van der Waals surface area contributed by atoms with Gasteiger partial charge in [0.25, 0.3) is 5.91 Å². The number of hydrogen-bond acceptors (Lipinski definition) is 5. The van der Waals surface area contributed by atoms with Crippen LogP contribution in [0.25, 0.3) is 0 Å². The first-order chi connectivity index (χ1) is 14.5. The van der Waals surface area contributed by atoms with E-state index < -0.39 is 6.10 Å². The van der Waals surface area contributed by atoms with Gasteiger partial charge in [0.05, 0.1) is 41.0 Å². The quantitative estimate of drug-likeness (QED) is 0.731. The number of carbonyl (C=O) groups is 1. The molecule has 0 aliphatic carbocycles. The lowest BCUT2D eigenvalue weighted by Gasteiger charge is -2.36. The third kappa shape index (κ3) is 4.74. The number of rotatable bonds is 5. The maximum Gasteiger partial charge on any atom is 0.257 e. The van der Waals surface area contributed by atoms with Gasteiger partial charge >= 0.3 is 0 Å². The number of halogens is 2. The van der Waals surface area contributed by atoms with E-state index in [0.29, 0.717) is 54.2 Å². The highest BCUT2D eigenvalue weighted by atomic mass is 35.5. The largest absolute Gasteiger partial charge is 0.492 e. The van der Waals surface area contributed by atoms with E-state index in [4.69, 9.17) is 32.7 Å². The predicted molar refractivity (Wildman–Crippen MR) is 115 cm³/mol. The molecule has 2 N–H and O–H groups in total. The summed E-state index contributed by atoms with van der Waals surface area (Å²) in [5, 5.41) is 13.9.